The quantitative estimate of drug-likeness (QED) is 0.588. The lowest BCUT2D eigenvalue weighted by molar-refractivity contribution is 1.10. The van der Waals surface area contributed by atoms with Gasteiger partial charge in [0.15, 0.2) is 0 Å². The molecule has 1 heterocycles. The monoisotopic (exact) mass is 171 g/mol. The molecule has 1 rings (SSSR count). The fourth-order valence-corrected chi connectivity index (χ4v) is 0.893. The molecule has 0 amide bonds. The topological polar surface area (TPSA) is 12.0 Å². The zero-order chi connectivity index (χ0) is 5.98. The molecule has 0 saturated heterocycles. The van der Waals surface area contributed by atoms with Gasteiger partial charge in [-0.25, -0.2) is 0 Å². The van der Waals surface area contributed by atoms with E-state index in [1.165, 1.54) is 0 Å². The lowest BCUT2D eigenvalue weighted by atomic mass is 10.3. The molecule has 0 bridgehead atoms. The summed E-state index contributed by atoms with van der Waals surface area (Å²) in [6.45, 7) is 3.70. The number of allylic oxidation sites excluding steroid dienone is 3. The van der Waals surface area contributed by atoms with Crippen LogP contribution in [-0.2, 0) is 0 Å². The predicted molar refractivity (Wildman–Crippen MR) is 38.4 cm³/mol. The molecule has 42 valence electrons. The van der Waals surface area contributed by atoms with E-state index < -0.39 is 0 Å². The summed E-state index contributed by atoms with van der Waals surface area (Å²) < 4.78 is 1.06. The second kappa shape index (κ2) is 2.18. The molecular weight excluding hydrogens is 166 g/mol. The van der Waals surface area contributed by atoms with E-state index in [1.807, 2.05) is 18.4 Å². The zero-order valence-corrected chi connectivity index (χ0v) is 5.90. The van der Waals surface area contributed by atoms with Gasteiger partial charge >= 0.3 is 0 Å². The van der Waals surface area contributed by atoms with Crippen molar-refractivity contribution in [2.24, 2.45) is 0 Å². The minimum Gasteiger partial charge on any atom is -0.362 e. The Morgan fingerprint density at radius 2 is 2.38 bits per heavy atom. The largest absolute Gasteiger partial charge is 0.362 e. The van der Waals surface area contributed by atoms with Crippen LogP contribution in [0.1, 0.15) is 0 Å². The third kappa shape index (κ3) is 1.23. The third-order valence-electron chi connectivity index (χ3n) is 0.823. The molecule has 1 aliphatic heterocycles. The van der Waals surface area contributed by atoms with E-state index in [2.05, 4.69) is 27.8 Å². The zero-order valence-electron chi connectivity index (χ0n) is 4.32. The predicted octanol–water partition coefficient (Wildman–Crippen LogP) is 1.90. The fraction of sp³-hybridized carbons (Fsp3) is 0. The van der Waals surface area contributed by atoms with Crippen molar-refractivity contribution in [3.05, 3.63) is 35.1 Å². The standard InChI is InChI=1S/C6H6BrN/c1-5-4-6(7)2-3-8-5/h2-4,8H,1H2. The van der Waals surface area contributed by atoms with Crippen LogP contribution in [0.4, 0.5) is 0 Å². The highest BCUT2D eigenvalue weighted by Gasteiger charge is 1.91. The van der Waals surface area contributed by atoms with Gasteiger partial charge in [0.05, 0.1) is 0 Å². The van der Waals surface area contributed by atoms with Gasteiger partial charge in [0, 0.05) is 16.4 Å². The van der Waals surface area contributed by atoms with Crippen LogP contribution in [0, 0.1) is 0 Å². The molecule has 0 radical (unpaired) electrons. The summed E-state index contributed by atoms with van der Waals surface area (Å²) in [5.41, 5.74) is 0.916. The van der Waals surface area contributed by atoms with Crippen molar-refractivity contribution >= 4 is 15.9 Å². The number of halogens is 1. The number of hydrogen-bond donors (Lipinski definition) is 1. The molecule has 0 fully saturated rings. The summed E-state index contributed by atoms with van der Waals surface area (Å²) in [6.07, 6.45) is 5.68. The van der Waals surface area contributed by atoms with E-state index >= 15 is 0 Å². The second-order valence-electron chi connectivity index (χ2n) is 1.53. The van der Waals surface area contributed by atoms with Crippen molar-refractivity contribution in [1.29, 1.82) is 0 Å². The summed E-state index contributed by atoms with van der Waals surface area (Å²) in [5, 5.41) is 2.93. The van der Waals surface area contributed by atoms with E-state index in [9.17, 15) is 0 Å². The van der Waals surface area contributed by atoms with Crippen molar-refractivity contribution < 1.29 is 0 Å². The van der Waals surface area contributed by atoms with Gasteiger partial charge in [-0.2, -0.15) is 0 Å². The Morgan fingerprint density at radius 1 is 1.62 bits per heavy atom. The average molecular weight is 172 g/mol. The number of nitrogens with one attached hydrogen (secondary N) is 1. The van der Waals surface area contributed by atoms with E-state index in [-0.39, 0.29) is 0 Å². The molecule has 1 nitrogen and oxygen atoms in total. The Kier molecular flexibility index (Phi) is 1.53. The van der Waals surface area contributed by atoms with Crippen LogP contribution in [0.15, 0.2) is 35.1 Å². The smallest absolute Gasteiger partial charge is 0.0318 e. The van der Waals surface area contributed by atoms with Crippen molar-refractivity contribution in [3.8, 4) is 0 Å². The summed E-state index contributed by atoms with van der Waals surface area (Å²) in [6, 6.07) is 0. The van der Waals surface area contributed by atoms with Gasteiger partial charge in [-0.3, -0.25) is 0 Å². The number of dihydropyridines is 1. The highest BCUT2D eigenvalue weighted by Crippen LogP contribution is 2.11. The second-order valence-corrected chi connectivity index (χ2v) is 2.45. The van der Waals surface area contributed by atoms with Gasteiger partial charge in [0.1, 0.15) is 0 Å². The first kappa shape index (κ1) is 5.63. The van der Waals surface area contributed by atoms with Crippen LogP contribution in [0.3, 0.4) is 0 Å². The van der Waals surface area contributed by atoms with Crippen molar-refractivity contribution in [1.82, 2.24) is 5.32 Å². The maximum absolute atomic E-state index is 3.70. The van der Waals surface area contributed by atoms with Gasteiger partial charge in [0.2, 0.25) is 0 Å². The van der Waals surface area contributed by atoms with Crippen molar-refractivity contribution in [2.45, 2.75) is 0 Å². The molecule has 1 aliphatic rings. The van der Waals surface area contributed by atoms with Crippen LogP contribution < -0.4 is 5.32 Å². The molecule has 0 saturated carbocycles. The summed E-state index contributed by atoms with van der Waals surface area (Å²) in [4.78, 5) is 0. The molecule has 8 heavy (non-hydrogen) atoms. The molecule has 0 unspecified atom stereocenters. The molecule has 0 aliphatic carbocycles. The first-order valence-electron chi connectivity index (χ1n) is 2.28. The molecule has 2 heteroatoms. The van der Waals surface area contributed by atoms with Gasteiger partial charge in [-0.15, -0.1) is 0 Å². The van der Waals surface area contributed by atoms with Crippen LogP contribution in [0.5, 0.6) is 0 Å². The van der Waals surface area contributed by atoms with Crippen LogP contribution in [0.2, 0.25) is 0 Å². The lowest BCUT2D eigenvalue weighted by Crippen LogP contribution is -2.03. The van der Waals surface area contributed by atoms with Gasteiger partial charge in [0.25, 0.3) is 0 Å². The van der Waals surface area contributed by atoms with E-state index in [4.69, 9.17) is 0 Å². The highest BCUT2D eigenvalue weighted by molar-refractivity contribution is 9.11. The molecule has 0 aromatic rings. The normalized spacial score (nSPS) is 17.6. The molecule has 0 spiro atoms. The van der Waals surface area contributed by atoms with Crippen LogP contribution in [0.25, 0.3) is 0 Å². The highest BCUT2D eigenvalue weighted by atomic mass is 79.9. The number of hydrogen-bond acceptors (Lipinski definition) is 1. The summed E-state index contributed by atoms with van der Waals surface area (Å²) in [5.74, 6) is 0. The minimum atomic E-state index is 0.916. The van der Waals surface area contributed by atoms with Gasteiger partial charge in [-0.05, 0) is 12.2 Å². The van der Waals surface area contributed by atoms with Gasteiger partial charge < -0.3 is 5.32 Å². The van der Waals surface area contributed by atoms with Gasteiger partial charge in [-0.1, -0.05) is 22.5 Å². The Bertz CT molecular complexity index is 167. The Balaban J connectivity index is 2.77. The van der Waals surface area contributed by atoms with Crippen molar-refractivity contribution in [3.63, 3.8) is 0 Å². The van der Waals surface area contributed by atoms with E-state index in [0.29, 0.717) is 0 Å². The average Bonchev–Trinajstić information content (AvgIpc) is 1.64. The minimum absolute atomic E-state index is 0.916. The molecular formula is C6H6BrN. The molecule has 0 atom stereocenters. The Hall–Kier alpha value is -0.500. The van der Waals surface area contributed by atoms with E-state index in [1.54, 1.807) is 0 Å². The van der Waals surface area contributed by atoms with Crippen LogP contribution >= 0.6 is 15.9 Å². The van der Waals surface area contributed by atoms with E-state index in [0.717, 1.165) is 10.2 Å². The Morgan fingerprint density at radius 3 is 2.75 bits per heavy atom. The summed E-state index contributed by atoms with van der Waals surface area (Å²) in [7, 11) is 0. The maximum atomic E-state index is 3.70. The Labute approximate surface area is 56.9 Å². The lowest BCUT2D eigenvalue weighted by Gasteiger charge is -2.03. The maximum Gasteiger partial charge on any atom is 0.0318 e. The first-order valence-corrected chi connectivity index (χ1v) is 3.07. The fourth-order valence-electron chi connectivity index (χ4n) is 0.485. The SMILES string of the molecule is C=C1C=C(Br)C=CN1. The first-order chi connectivity index (χ1) is 3.79. The summed E-state index contributed by atoms with van der Waals surface area (Å²) >= 11 is 3.30. The van der Waals surface area contributed by atoms with Crippen LogP contribution in [-0.4, -0.2) is 0 Å². The molecule has 0 aromatic heterocycles. The van der Waals surface area contributed by atoms with Crippen molar-refractivity contribution in [2.75, 3.05) is 0 Å². The molecule has 1 N–H and O–H groups in total. The molecule has 0 aromatic carbocycles. The third-order valence-corrected chi connectivity index (χ3v) is 1.32. The number of rotatable bonds is 0.